The molecule has 2 unspecified atom stereocenters. The quantitative estimate of drug-likeness (QED) is 0.681. The zero-order valence-corrected chi connectivity index (χ0v) is 8.82. The molecule has 1 rings (SSSR count). The number of benzene rings is 1. The average molecular weight is 229 g/mol. The summed E-state index contributed by atoms with van der Waals surface area (Å²) in [5, 5.41) is 8.75. The molecule has 0 aliphatic carbocycles. The van der Waals surface area contributed by atoms with Gasteiger partial charge in [-0.05, 0) is 24.6 Å². The van der Waals surface area contributed by atoms with Gasteiger partial charge in [0, 0.05) is 5.69 Å². The second-order valence-electron chi connectivity index (χ2n) is 3.03. The van der Waals surface area contributed by atoms with Crippen molar-refractivity contribution in [1.29, 1.82) is 0 Å². The Morgan fingerprint density at radius 3 is 2.33 bits per heavy atom. The Labute approximate surface area is 89.5 Å². The van der Waals surface area contributed by atoms with Crippen LogP contribution in [0.4, 0.5) is 5.69 Å². The van der Waals surface area contributed by atoms with Gasteiger partial charge in [-0.25, -0.2) is 4.21 Å². The van der Waals surface area contributed by atoms with Crippen molar-refractivity contribution in [2.75, 3.05) is 4.72 Å². The normalized spacial score (nSPS) is 14.3. The summed E-state index contributed by atoms with van der Waals surface area (Å²) < 4.78 is 21.2. The number of aliphatic carboxylic acids is 1. The molecule has 0 saturated heterocycles. The van der Waals surface area contributed by atoms with Crippen molar-refractivity contribution in [2.45, 2.75) is 12.8 Å². The molecule has 0 fully saturated rings. The van der Waals surface area contributed by atoms with Crippen LogP contribution in [0.2, 0.25) is 0 Å². The van der Waals surface area contributed by atoms with E-state index in [2.05, 4.69) is 4.72 Å². The van der Waals surface area contributed by atoms with Crippen LogP contribution in [-0.4, -0.2) is 19.8 Å². The fourth-order valence-electron chi connectivity index (χ4n) is 1.08. The summed E-state index contributed by atoms with van der Waals surface area (Å²) in [5.74, 6) is -1.49. The lowest BCUT2D eigenvalue weighted by Crippen LogP contribution is -2.07. The number of carboxylic acid groups (broad SMARTS) is 1. The van der Waals surface area contributed by atoms with E-state index < -0.39 is 23.2 Å². The van der Waals surface area contributed by atoms with Gasteiger partial charge in [-0.3, -0.25) is 14.1 Å². The van der Waals surface area contributed by atoms with E-state index in [1.54, 1.807) is 31.2 Å². The van der Waals surface area contributed by atoms with Crippen LogP contribution in [0.15, 0.2) is 24.3 Å². The van der Waals surface area contributed by atoms with Crippen LogP contribution < -0.4 is 4.72 Å². The lowest BCUT2D eigenvalue weighted by atomic mass is 10.0. The predicted molar refractivity (Wildman–Crippen MR) is 56.9 cm³/mol. The van der Waals surface area contributed by atoms with Crippen LogP contribution in [0.5, 0.6) is 0 Å². The highest BCUT2D eigenvalue weighted by Gasteiger charge is 2.12. The minimum absolute atomic E-state index is 0.470. The summed E-state index contributed by atoms with van der Waals surface area (Å²) >= 11 is -2.11. The molecule has 82 valence electrons. The second kappa shape index (κ2) is 4.90. The minimum atomic E-state index is -2.11. The lowest BCUT2D eigenvalue weighted by Gasteiger charge is -2.07. The van der Waals surface area contributed by atoms with Gasteiger partial charge >= 0.3 is 5.97 Å². The first-order chi connectivity index (χ1) is 7.00. The molecule has 0 saturated carbocycles. The summed E-state index contributed by atoms with van der Waals surface area (Å²) in [6.07, 6.45) is 0. The molecule has 15 heavy (non-hydrogen) atoms. The summed E-state index contributed by atoms with van der Waals surface area (Å²) in [6, 6.07) is 6.33. The molecule has 6 heteroatoms. The maximum atomic E-state index is 10.7. The van der Waals surface area contributed by atoms with E-state index in [4.69, 9.17) is 9.66 Å². The van der Waals surface area contributed by atoms with Crippen LogP contribution in [0.25, 0.3) is 0 Å². The number of anilines is 1. The van der Waals surface area contributed by atoms with Crippen LogP contribution in [-0.2, 0) is 16.1 Å². The maximum absolute atomic E-state index is 10.7. The molecule has 0 radical (unpaired) electrons. The van der Waals surface area contributed by atoms with E-state index in [-0.39, 0.29) is 0 Å². The zero-order chi connectivity index (χ0) is 11.4. The Hall–Kier alpha value is -1.40. The maximum Gasteiger partial charge on any atom is 0.310 e. The number of nitrogens with one attached hydrogen (secondary N) is 1. The van der Waals surface area contributed by atoms with Crippen LogP contribution >= 0.6 is 0 Å². The molecule has 0 amide bonds. The zero-order valence-electron chi connectivity index (χ0n) is 8.01. The number of hydrogen-bond acceptors (Lipinski definition) is 2. The van der Waals surface area contributed by atoms with Crippen molar-refractivity contribution in [3.8, 4) is 0 Å². The lowest BCUT2D eigenvalue weighted by molar-refractivity contribution is -0.138. The van der Waals surface area contributed by atoms with Gasteiger partial charge in [0.25, 0.3) is 11.3 Å². The summed E-state index contributed by atoms with van der Waals surface area (Å²) in [6.45, 7) is 1.58. The van der Waals surface area contributed by atoms with E-state index >= 15 is 0 Å². The van der Waals surface area contributed by atoms with Gasteiger partial charge in [0.15, 0.2) is 0 Å². The van der Waals surface area contributed by atoms with E-state index in [1.165, 1.54) is 0 Å². The summed E-state index contributed by atoms with van der Waals surface area (Å²) in [4.78, 5) is 10.7. The molecule has 3 N–H and O–H groups in total. The highest BCUT2D eigenvalue weighted by molar-refractivity contribution is 7.80. The Kier molecular flexibility index (Phi) is 3.81. The first-order valence-corrected chi connectivity index (χ1v) is 5.31. The average Bonchev–Trinajstić information content (AvgIpc) is 2.17. The highest BCUT2D eigenvalue weighted by Crippen LogP contribution is 2.18. The molecule has 1 aromatic carbocycles. The molecule has 0 bridgehead atoms. The van der Waals surface area contributed by atoms with Crippen molar-refractivity contribution in [1.82, 2.24) is 0 Å². The van der Waals surface area contributed by atoms with Gasteiger partial charge in [0.1, 0.15) is 0 Å². The van der Waals surface area contributed by atoms with Crippen molar-refractivity contribution in [3.05, 3.63) is 29.8 Å². The van der Waals surface area contributed by atoms with E-state index in [1.807, 2.05) is 0 Å². The molecule has 0 aliphatic rings. The number of carboxylic acids is 1. The highest BCUT2D eigenvalue weighted by atomic mass is 32.2. The molecule has 0 heterocycles. The second-order valence-corrected chi connectivity index (χ2v) is 3.74. The molecule has 0 aliphatic heterocycles. The Balaban J connectivity index is 2.80. The van der Waals surface area contributed by atoms with Crippen LogP contribution in [0, 0.1) is 0 Å². The first kappa shape index (κ1) is 11.7. The van der Waals surface area contributed by atoms with Gasteiger partial charge in [0.2, 0.25) is 0 Å². The minimum Gasteiger partial charge on any atom is -0.481 e. The van der Waals surface area contributed by atoms with Crippen molar-refractivity contribution < 1.29 is 18.7 Å². The smallest absolute Gasteiger partial charge is 0.310 e. The van der Waals surface area contributed by atoms with Gasteiger partial charge in [-0.2, -0.15) is 0 Å². The van der Waals surface area contributed by atoms with E-state index in [0.29, 0.717) is 11.3 Å². The molecule has 0 aromatic heterocycles. The van der Waals surface area contributed by atoms with Gasteiger partial charge in [0.05, 0.1) is 5.92 Å². The number of hydrogen-bond donors (Lipinski definition) is 3. The van der Waals surface area contributed by atoms with Gasteiger partial charge < -0.3 is 5.11 Å². The largest absolute Gasteiger partial charge is 0.481 e. The number of rotatable bonds is 4. The van der Waals surface area contributed by atoms with E-state index in [0.717, 1.165) is 0 Å². The van der Waals surface area contributed by atoms with Crippen LogP contribution in [0.1, 0.15) is 18.4 Å². The van der Waals surface area contributed by atoms with Gasteiger partial charge in [-0.1, -0.05) is 12.1 Å². The topological polar surface area (TPSA) is 86.6 Å². The standard InChI is InChI=1S/C9H11NO4S/c1-6(9(11)12)7-2-4-8(5-3-7)10-15(13)14/h2-6,10H,1H3,(H,11,12)(H,13,14). The molecular weight excluding hydrogens is 218 g/mol. The van der Waals surface area contributed by atoms with E-state index in [9.17, 15) is 9.00 Å². The Bertz CT molecular complexity index is 376. The summed E-state index contributed by atoms with van der Waals surface area (Å²) in [7, 11) is 0. The van der Waals surface area contributed by atoms with Crippen molar-refractivity contribution in [3.63, 3.8) is 0 Å². The first-order valence-electron chi connectivity index (χ1n) is 4.21. The predicted octanol–water partition coefficient (Wildman–Crippen LogP) is 1.42. The Morgan fingerprint density at radius 2 is 1.93 bits per heavy atom. The molecule has 1 aromatic rings. The number of carbonyl (C=O) groups is 1. The summed E-state index contributed by atoms with van der Waals surface area (Å²) in [5.41, 5.74) is 1.12. The van der Waals surface area contributed by atoms with Crippen molar-refractivity contribution in [2.24, 2.45) is 0 Å². The van der Waals surface area contributed by atoms with Crippen molar-refractivity contribution >= 4 is 22.9 Å². The fraction of sp³-hybridized carbons (Fsp3) is 0.222. The van der Waals surface area contributed by atoms with Crippen LogP contribution in [0.3, 0.4) is 0 Å². The monoisotopic (exact) mass is 229 g/mol. The molecule has 0 spiro atoms. The SMILES string of the molecule is CC(C(=O)O)c1ccc(NS(=O)O)cc1. The fourth-order valence-corrected chi connectivity index (χ4v) is 1.42. The van der Waals surface area contributed by atoms with Gasteiger partial charge in [-0.15, -0.1) is 0 Å². The third kappa shape index (κ3) is 3.34. The third-order valence-corrected chi connectivity index (χ3v) is 2.40. The molecule has 2 atom stereocenters. The molecule has 5 nitrogen and oxygen atoms in total. The molecular formula is C9H11NO4S. The third-order valence-electron chi connectivity index (χ3n) is 1.99. The Morgan fingerprint density at radius 1 is 1.40 bits per heavy atom.